The first-order valence-corrected chi connectivity index (χ1v) is 8.70. The number of para-hydroxylation sites is 1. The van der Waals surface area contributed by atoms with Crippen molar-refractivity contribution in [2.75, 3.05) is 26.4 Å². The Bertz CT molecular complexity index is 388. The average Bonchev–Trinajstić information content (AvgIpc) is 2.59. The van der Waals surface area contributed by atoms with E-state index in [0.29, 0.717) is 5.75 Å². The number of phenolic OH excluding ortho intramolecular Hbond substituents is 1. The predicted octanol–water partition coefficient (Wildman–Crippen LogP) is 5.45. The second-order valence-corrected chi connectivity index (χ2v) is 4.75. The molecule has 0 aliphatic heterocycles. The van der Waals surface area contributed by atoms with E-state index < -0.39 is 0 Å². The van der Waals surface area contributed by atoms with E-state index in [0.717, 1.165) is 31.3 Å². The van der Waals surface area contributed by atoms with Gasteiger partial charge in [0, 0.05) is 31.3 Å². The van der Waals surface area contributed by atoms with Gasteiger partial charge in [0.15, 0.2) is 0 Å². The molecule has 0 aliphatic carbocycles. The third kappa shape index (κ3) is 22.8. The van der Waals surface area contributed by atoms with Gasteiger partial charge in [-0.05, 0) is 52.0 Å². The molecule has 0 saturated carbocycles. The highest BCUT2D eigenvalue weighted by molar-refractivity contribution is 7.80. The number of hydrogen-bond donors (Lipinski definition) is 2. The van der Waals surface area contributed by atoms with Crippen LogP contribution in [0.25, 0.3) is 0 Å². The van der Waals surface area contributed by atoms with Crippen LogP contribution < -0.4 is 0 Å². The van der Waals surface area contributed by atoms with E-state index in [4.69, 9.17) is 14.6 Å². The van der Waals surface area contributed by atoms with Crippen LogP contribution in [0.3, 0.4) is 0 Å². The third-order valence-electron chi connectivity index (χ3n) is 2.33. The van der Waals surface area contributed by atoms with Crippen molar-refractivity contribution in [1.29, 1.82) is 0 Å². The molecule has 0 radical (unpaired) electrons. The molecule has 0 amide bonds. The van der Waals surface area contributed by atoms with Crippen molar-refractivity contribution in [1.82, 2.24) is 0 Å². The summed E-state index contributed by atoms with van der Waals surface area (Å²) in [5.41, 5.74) is 0. The molecule has 0 heterocycles. The molecule has 2 rings (SSSR count). The van der Waals surface area contributed by atoms with E-state index in [1.54, 1.807) is 24.3 Å². The summed E-state index contributed by atoms with van der Waals surface area (Å²) in [4.78, 5) is 1.02. The van der Waals surface area contributed by atoms with Gasteiger partial charge in [-0.3, -0.25) is 0 Å². The minimum Gasteiger partial charge on any atom is -0.508 e. The predicted molar refractivity (Wildman–Crippen MR) is 106 cm³/mol. The Morgan fingerprint density at radius 1 is 0.667 bits per heavy atom. The largest absolute Gasteiger partial charge is 0.508 e. The smallest absolute Gasteiger partial charge is 0.115 e. The summed E-state index contributed by atoms with van der Waals surface area (Å²) in [6.07, 6.45) is 0. The summed E-state index contributed by atoms with van der Waals surface area (Å²) < 4.78 is 9.67. The number of aromatic hydroxyl groups is 1. The van der Waals surface area contributed by atoms with E-state index >= 15 is 0 Å². The van der Waals surface area contributed by atoms with Gasteiger partial charge in [-0.1, -0.05) is 36.4 Å². The second kappa shape index (κ2) is 21.5. The zero-order chi connectivity index (χ0) is 18.5. The van der Waals surface area contributed by atoms with Gasteiger partial charge in [-0.25, -0.2) is 0 Å². The highest BCUT2D eigenvalue weighted by Crippen LogP contribution is 2.02. The van der Waals surface area contributed by atoms with E-state index in [2.05, 4.69) is 12.6 Å². The Kier molecular flexibility index (Phi) is 22.2. The fourth-order valence-electron chi connectivity index (χ4n) is 1.26. The van der Waals surface area contributed by atoms with Crippen LogP contribution in [-0.2, 0) is 9.47 Å². The van der Waals surface area contributed by atoms with Crippen molar-refractivity contribution >= 4 is 12.6 Å². The fraction of sp³-hybridized carbons (Fsp3) is 0.400. The summed E-state index contributed by atoms with van der Waals surface area (Å²) in [5, 5.41) is 8.63. The molecule has 0 saturated heterocycles. The SMILES string of the molecule is CCOCC.CCOCC.Oc1ccccc1.Sc1ccccc1. The van der Waals surface area contributed by atoms with Crippen molar-refractivity contribution in [3.8, 4) is 5.75 Å². The Morgan fingerprint density at radius 3 is 1.12 bits per heavy atom. The molecule has 0 aliphatic rings. The minimum atomic E-state index is 0.322. The summed E-state index contributed by atoms with van der Waals surface area (Å²) in [7, 11) is 0. The molecule has 0 fully saturated rings. The number of rotatable bonds is 4. The second-order valence-electron chi connectivity index (χ2n) is 4.23. The summed E-state index contributed by atoms with van der Waals surface area (Å²) in [5.74, 6) is 0.322. The normalized spacial score (nSPS) is 8.54. The van der Waals surface area contributed by atoms with Gasteiger partial charge in [-0.2, -0.15) is 0 Å². The summed E-state index contributed by atoms with van der Waals surface area (Å²) in [6, 6.07) is 18.5. The number of thiol groups is 1. The Morgan fingerprint density at radius 2 is 1.00 bits per heavy atom. The lowest BCUT2D eigenvalue weighted by Crippen LogP contribution is -1.84. The molecular formula is C20H32O3S. The highest BCUT2D eigenvalue weighted by atomic mass is 32.1. The topological polar surface area (TPSA) is 38.7 Å². The maximum Gasteiger partial charge on any atom is 0.115 e. The van der Waals surface area contributed by atoms with Crippen molar-refractivity contribution in [3.05, 3.63) is 60.7 Å². The van der Waals surface area contributed by atoms with Crippen LogP contribution in [0.2, 0.25) is 0 Å². The van der Waals surface area contributed by atoms with Crippen LogP contribution >= 0.6 is 12.6 Å². The van der Waals surface area contributed by atoms with Crippen LogP contribution in [0.5, 0.6) is 5.75 Å². The quantitative estimate of drug-likeness (QED) is 0.718. The van der Waals surface area contributed by atoms with E-state index in [1.165, 1.54) is 0 Å². The Hall–Kier alpha value is -1.49. The highest BCUT2D eigenvalue weighted by Gasteiger charge is 1.75. The first-order chi connectivity index (χ1) is 11.6. The van der Waals surface area contributed by atoms with Crippen LogP contribution in [0.15, 0.2) is 65.6 Å². The lowest BCUT2D eigenvalue weighted by Gasteiger charge is -1.86. The van der Waals surface area contributed by atoms with Crippen molar-refractivity contribution in [2.45, 2.75) is 32.6 Å². The van der Waals surface area contributed by atoms with Crippen LogP contribution in [-0.4, -0.2) is 31.5 Å². The minimum absolute atomic E-state index is 0.322. The number of hydrogen-bond acceptors (Lipinski definition) is 4. The monoisotopic (exact) mass is 352 g/mol. The van der Waals surface area contributed by atoms with Gasteiger partial charge in [0.2, 0.25) is 0 Å². The summed E-state index contributed by atoms with van der Waals surface area (Å²) >= 11 is 4.08. The van der Waals surface area contributed by atoms with Gasteiger partial charge in [-0.15, -0.1) is 12.6 Å². The number of benzene rings is 2. The van der Waals surface area contributed by atoms with Gasteiger partial charge >= 0.3 is 0 Å². The maximum atomic E-state index is 8.63. The van der Waals surface area contributed by atoms with Crippen LogP contribution in [0, 0.1) is 0 Å². The van der Waals surface area contributed by atoms with E-state index in [-0.39, 0.29) is 0 Å². The van der Waals surface area contributed by atoms with Crippen molar-refractivity contribution in [3.63, 3.8) is 0 Å². The molecule has 2 aromatic rings. The molecule has 0 aromatic heterocycles. The molecule has 2 aromatic carbocycles. The molecule has 0 unspecified atom stereocenters. The maximum absolute atomic E-state index is 8.63. The molecule has 0 bridgehead atoms. The standard InChI is InChI=1S/C6H6O.C6H6S.2C4H10O/c2*7-6-4-2-1-3-5-6;2*1-3-5-4-2/h2*1-5,7H;2*3-4H2,1-2H3. The van der Waals surface area contributed by atoms with Crippen molar-refractivity contribution < 1.29 is 14.6 Å². The van der Waals surface area contributed by atoms with Gasteiger partial charge in [0.1, 0.15) is 5.75 Å². The molecule has 1 N–H and O–H groups in total. The van der Waals surface area contributed by atoms with E-state index in [9.17, 15) is 0 Å². The Balaban J connectivity index is 0. The molecule has 3 nitrogen and oxygen atoms in total. The molecule has 136 valence electrons. The van der Waals surface area contributed by atoms with Crippen LogP contribution in [0.1, 0.15) is 27.7 Å². The number of ether oxygens (including phenoxy) is 2. The zero-order valence-corrected chi connectivity index (χ0v) is 16.2. The van der Waals surface area contributed by atoms with E-state index in [1.807, 2.05) is 64.1 Å². The lowest BCUT2D eigenvalue weighted by atomic mass is 10.3. The molecule has 0 atom stereocenters. The first kappa shape index (κ1) is 24.8. The number of phenols is 1. The molecule has 0 spiro atoms. The van der Waals surface area contributed by atoms with Crippen LogP contribution in [0.4, 0.5) is 0 Å². The first-order valence-electron chi connectivity index (χ1n) is 8.25. The van der Waals surface area contributed by atoms with Gasteiger partial charge in [0.25, 0.3) is 0 Å². The van der Waals surface area contributed by atoms with Gasteiger partial charge < -0.3 is 14.6 Å². The van der Waals surface area contributed by atoms with Gasteiger partial charge in [0.05, 0.1) is 0 Å². The van der Waals surface area contributed by atoms with Crippen molar-refractivity contribution in [2.24, 2.45) is 0 Å². The average molecular weight is 353 g/mol. The Labute approximate surface area is 153 Å². The summed E-state index contributed by atoms with van der Waals surface area (Å²) in [6.45, 7) is 11.3. The molecule has 4 heteroatoms. The zero-order valence-electron chi connectivity index (χ0n) is 15.3. The third-order valence-corrected chi connectivity index (χ3v) is 2.63. The molecular weight excluding hydrogens is 320 g/mol. The fourth-order valence-corrected chi connectivity index (χ4v) is 1.44. The molecule has 24 heavy (non-hydrogen) atoms. The lowest BCUT2D eigenvalue weighted by molar-refractivity contribution is 0.162.